The van der Waals surface area contributed by atoms with E-state index in [9.17, 15) is 5.11 Å². The quantitative estimate of drug-likeness (QED) is 0.563. The van der Waals surface area contributed by atoms with Gasteiger partial charge in [-0.1, -0.05) is 37.3 Å². The van der Waals surface area contributed by atoms with Gasteiger partial charge in [-0.2, -0.15) is 9.97 Å². The first-order chi connectivity index (χ1) is 13.0. The molecule has 0 aliphatic carbocycles. The molecule has 27 heavy (non-hydrogen) atoms. The summed E-state index contributed by atoms with van der Waals surface area (Å²) >= 11 is 0. The Bertz CT molecular complexity index is 875. The van der Waals surface area contributed by atoms with Crippen LogP contribution in [-0.2, 0) is 6.54 Å². The number of fused-ring (bicyclic) bond motifs is 1. The first-order valence-electron chi connectivity index (χ1n) is 9.46. The lowest BCUT2D eigenvalue weighted by molar-refractivity contribution is 0.169. The smallest absolute Gasteiger partial charge is 0.227 e. The summed E-state index contributed by atoms with van der Waals surface area (Å²) in [5.74, 6) is 1.18. The molecule has 0 aliphatic rings. The third kappa shape index (κ3) is 4.36. The van der Waals surface area contributed by atoms with Gasteiger partial charge in [0.25, 0.3) is 0 Å². The number of anilines is 2. The number of aliphatic hydroxyl groups is 1. The summed E-state index contributed by atoms with van der Waals surface area (Å²) in [4.78, 5) is 13.8. The average molecular weight is 368 g/mol. The molecular formula is C20H28N6O. The molecule has 0 spiro atoms. The molecule has 0 fully saturated rings. The highest BCUT2D eigenvalue weighted by Crippen LogP contribution is 2.24. The van der Waals surface area contributed by atoms with Crippen molar-refractivity contribution in [3.63, 3.8) is 0 Å². The Hall–Kier alpha value is -2.67. The van der Waals surface area contributed by atoms with E-state index in [0.717, 1.165) is 23.1 Å². The standard InChI is InChI=1S/C20H28N6O/c1-5-16(14(4)27)23-20-24-18(21-11-15-9-7-6-8-10-15)17-19(25-20)26(12-22-17)13(2)3/h6-10,12-14,16,27H,5,11H2,1-4H3,(H2,21,23,24,25)/t14?,16-/m1/s1. The van der Waals surface area contributed by atoms with Gasteiger partial charge in [0.2, 0.25) is 5.95 Å². The summed E-state index contributed by atoms with van der Waals surface area (Å²) in [7, 11) is 0. The molecule has 1 aromatic carbocycles. The van der Waals surface area contributed by atoms with E-state index in [1.807, 2.05) is 29.7 Å². The number of benzene rings is 1. The lowest BCUT2D eigenvalue weighted by Crippen LogP contribution is -2.31. The lowest BCUT2D eigenvalue weighted by Gasteiger charge is -2.20. The molecule has 144 valence electrons. The minimum Gasteiger partial charge on any atom is -0.391 e. The van der Waals surface area contributed by atoms with Crippen molar-refractivity contribution in [1.82, 2.24) is 19.5 Å². The fraction of sp³-hybridized carbons (Fsp3) is 0.450. The highest BCUT2D eigenvalue weighted by Gasteiger charge is 2.18. The molecule has 2 atom stereocenters. The van der Waals surface area contributed by atoms with Gasteiger partial charge in [-0.15, -0.1) is 0 Å². The maximum absolute atomic E-state index is 9.96. The van der Waals surface area contributed by atoms with Gasteiger partial charge in [0.15, 0.2) is 17.0 Å². The number of hydrogen-bond donors (Lipinski definition) is 3. The molecule has 0 aliphatic heterocycles. The Morgan fingerprint density at radius 2 is 1.85 bits per heavy atom. The zero-order valence-corrected chi connectivity index (χ0v) is 16.3. The van der Waals surface area contributed by atoms with Gasteiger partial charge >= 0.3 is 0 Å². The summed E-state index contributed by atoms with van der Waals surface area (Å²) in [5.41, 5.74) is 2.69. The molecule has 0 amide bonds. The molecule has 3 aromatic rings. The van der Waals surface area contributed by atoms with Crippen LogP contribution in [0.5, 0.6) is 0 Å². The number of nitrogens with one attached hydrogen (secondary N) is 2. The maximum atomic E-state index is 9.96. The number of rotatable bonds is 8. The lowest BCUT2D eigenvalue weighted by atomic mass is 10.1. The molecule has 3 rings (SSSR count). The zero-order valence-electron chi connectivity index (χ0n) is 16.3. The summed E-state index contributed by atoms with van der Waals surface area (Å²) in [6, 6.07) is 10.3. The first kappa shape index (κ1) is 19.1. The monoisotopic (exact) mass is 368 g/mol. The summed E-state index contributed by atoms with van der Waals surface area (Å²) in [5, 5.41) is 16.6. The van der Waals surface area contributed by atoms with Crippen LogP contribution >= 0.6 is 0 Å². The molecule has 2 heterocycles. The average Bonchev–Trinajstić information content (AvgIpc) is 3.09. The van der Waals surface area contributed by atoms with Gasteiger partial charge < -0.3 is 20.3 Å². The third-order valence-corrected chi connectivity index (χ3v) is 4.62. The number of nitrogens with zero attached hydrogens (tertiary/aromatic N) is 4. The Kier molecular flexibility index (Phi) is 5.91. The minimum atomic E-state index is -0.495. The Labute approximate surface area is 159 Å². The number of aromatic nitrogens is 4. The van der Waals surface area contributed by atoms with E-state index in [0.29, 0.717) is 18.3 Å². The van der Waals surface area contributed by atoms with E-state index < -0.39 is 6.10 Å². The van der Waals surface area contributed by atoms with Crippen LogP contribution in [0.15, 0.2) is 36.7 Å². The number of hydrogen-bond acceptors (Lipinski definition) is 6. The Morgan fingerprint density at radius 3 is 2.48 bits per heavy atom. The molecule has 1 unspecified atom stereocenters. The van der Waals surface area contributed by atoms with Crippen molar-refractivity contribution >= 4 is 22.9 Å². The second kappa shape index (κ2) is 8.35. The highest BCUT2D eigenvalue weighted by atomic mass is 16.3. The molecule has 0 saturated heterocycles. The van der Waals surface area contributed by atoms with Crippen molar-refractivity contribution in [2.24, 2.45) is 0 Å². The van der Waals surface area contributed by atoms with Gasteiger partial charge in [-0.3, -0.25) is 0 Å². The fourth-order valence-corrected chi connectivity index (χ4v) is 2.99. The summed E-state index contributed by atoms with van der Waals surface area (Å²) in [6.07, 6.45) is 2.08. The molecule has 2 aromatic heterocycles. The van der Waals surface area contributed by atoms with E-state index in [1.54, 1.807) is 13.3 Å². The maximum Gasteiger partial charge on any atom is 0.227 e. The van der Waals surface area contributed by atoms with E-state index in [2.05, 4.69) is 51.6 Å². The van der Waals surface area contributed by atoms with Crippen molar-refractivity contribution in [2.75, 3.05) is 10.6 Å². The molecule has 0 saturated carbocycles. The normalized spacial score (nSPS) is 13.7. The predicted octanol–water partition coefficient (Wildman–Crippen LogP) is 3.59. The van der Waals surface area contributed by atoms with E-state index in [-0.39, 0.29) is 12.1 Å². The van der Waals surface area contributed by atoms with Gasteiger partial charge in [-0.25, -0.2) is 4.98 Å². The highest BCUT2D eigenvalue weighted by molar-refractivity contribution is 5.84. The van der Waals surface area contributed by atoms with Crippen molar-refractivity contribution in [3.05, 3.63) is 42.2 Å². The topological polar surface area (TPSA) is 87.9 Å². The van der Waals surface area contributed by atoms with Crippen LogP contribution in [0.1, 0.15) is 45.7 Å². The molecule has 0 bridgehead atoms. The van der Waals surface area contributed by atoms with Crippen LogP contribution in [-0.4, -0.2) is 36.8 Å². The minimum absolute atomic E-state index is 0.111. The van der Waals surface area contributed by atoms with E-state index in [1.165, 1.54) is 0 Å². The van der Waals surface area contributed by atoms with E-state index >= 15 is 0 Å². The third-order valence-electron chi connectivity index (χ3n) is 4.62. The fourth-order valence-electron chi connectivity index (χ4n) is 2.99. The van der Waals surface area contributed by atoms with Crippen LogP contribution in [0, 0.1) is 0 Å². The Morgan fingerprint density at radius 1 is 1.11 bits per heavy atom. The van der Waals surface area contributed by atoms with Crippen molar-refractivity contribution in [2.45, 2.75) is 58.8 Å². The molecule has 0 radical (unpaired) electrons. The van der Waals surface area contributed by atoms with Crippen LogP contribution in [0.4, 0.5) is 11.8 Å². The van der Waals surface area contributed by atoms with Crippen LogP contribution in [0.2, 0.25) is 0 Å². The number of imidazole rings is 1. The molecule has 7 heteroatoms. The SMILES string of the molecule is CC[C@@H](Nc1nc(NCc2ccccc2)c2ncn(C(C)C)c2n1)C(C)O. The largest absolute Gasteiger partial charge is 0.391 e. The van der Waals surface area contributed by atoms with E-state index in [4.69, 9.17) is 0 Å². The zero-order chi connectivity index (χ0) is 19.4. The van der Waals surface area contributed by atoms with Gasteiger partial charge in [0.05, 0.1) is 18.5 Å². The summed E-state index contributed by atoms with van der Waals surface area (Å²) < 4.78 is 2.03. The van der Waals surface area contributed by atoms with Gasteiger partial charge in [-0.05, 0) is 32.8 Å². The second-order valence-electron chi connectivity index (χ2n) is 7.05. The van der Waals surface area contributed by atoms with Crippen molar-refractivity contribution in [1.29, 1.82) is 0 Å². The van der Waals surface area contributed by atoms with Crippen LogP contribution in [0.3, 0.4) is 0 Å². The van der Waals surface area contributed by atoms with Crippen molar-refractivity contribution in [3.8, 4) is 0 Å². The van der Waals surface area contributed by atoms with Crippen molar-refractivity contribution < 1.29 is 5.11 Å². The first-order valence-corrected chi connectivity index (χ1v) is 9.46. The van der Waals surface area contributed by atoms with Gasteiger partial charge in [0, 0.05) is 12.6 Å². The van der Waals surface area contributed by atoms with Crippen LogP contribution in [0.25, 0.3) is 11.2 Å². The summed E-state index contributed by atoms with van der Waals surface area (Å²) in [6.45, 7) is 8.63. The predicted molar refractivity (Wildman–Crippen MR) is 109 cm³/mol. The van der Waals surface area contributed by atoms with Crippen LogP contribution < -0.4 is 10.6 Å². The molecule has 3 N–H and O–H groups in total. The Balaban J connectivity index is 1.96. The second-order valence-corrected chi connectivity index (χ2v) is 7.05. The molecular weight excluding hydrogens is 340 g/mol. The molecule has 7 nitrogen and oxygen atoms in total. The number of aliphatic hydroxyl groups excluding tert-OH is 1. The van der Waals surface area contributed by atoms with Gasteiger partial charge in [0.1, 0.15) is 0 Å².